The normalized spacial score (nSPS) is 11.2. The minimum Gasteiger partial charge on any atom is -0.480 e. The van der Waals surface area contributed by atoms with E-state index in [0.29, 0.717) is 5.56 Å². The molecule has 10 heteroatoms. The van der Waals surface area contributed by atoms with Crippen molar-refractivity contribution in [3.63, 3.8) is 0 Å². The fourth-order valence-corrected chi connectivity index (χ4v) is 2.50. The molecule has 0 fully saturated rings. The van der Waals surface area contributed by atoms with Crippen molar-refractivity contribution in [2.75, 3.05) is 11.1 Å². The first-order valence-electron chi connectivity index (χ1n) is 7.42. The maximum absolute atomic E-state index is 12.1. The molecule has 2 rings (SSSR count). The molecular weight excluding hydrogens is 348 g/mol. The van der Waals surface area contributed by atoms with Crippen LogP contribution in [0.3, 0.4) is 0 Å². The summed E-state index contributed by atoms with van der Waals surface area (Å²) in [5.74, 6) is -1.19. The number of rotatable bonds is 8. The molecule has 0 saturated carbocycles. The summed E-state index contributed by atoms with van der Waals surface area (Å²) in [6.07, 6.45) is 1.45. The van der Waals surface area contributed by atoms with Gasteiger partial charge >= 0.3 is 5.97 Å². The molecule has 0 atom stereocenters. The molecule has 0 aliphatic carbocycles. The summed E-state index contributed by atoms with van der Waals surface area (Å²) in [6, 6.07) is 7.93. The van der Waals surface area contributed by atoms with Crippen molar-refractivity contribution in [3.8, 4) is 0 Å². The van der Waals surface area contributed by atoms with Crippen LogP contribution in [0.2, 0.25) is 0 Å². The lowest BCUT2D eigenvalue weighted by Gasteiger charge is -2.06. The molecule has 1 aromatic carbocycles. The Labute approximate surface area is 144 Å². The Kier molecular flexibility index (Phi) is 5.88. The van der Waals surface area contributed by atoms with E-state index in [-0.39, 0.29) is 24.7 Å². The van der Waals surface area contributed by atoms with Gasteiger partial charge in [0.2, 0.25) is 10.0 Å². The van der Waals surface area contributed by atoms with Gasteiger partial charge in [0.15, 0.2) is 5.82 Å². The number of carboxylic acid groups (broad SMARTS) is 1. The van der Waals surface area contributed by atoms with Gasteiger partial charge in [-0.3, -0.25) is 14.3 Å². The third-order valence-corrected chi connectivity index (χ3v) is 4.62. The molecule has 3 N–H and O–H groups in total. The van der Waals surface area contributed by atoms with E-state index in [1.165, 1.54) is 16.9 Å². The first kappa shape index (κ1) is 18.6. The van der Waals surface area contributed by atoms with E-state index >= 15 is 0 Å². The molecule has 0 saturated heterocycles. The zero-order valence-corrected chi connectivity index (χ0v) is 14.3. The summed E-state index contributed by atoms with van der Waals surface area (Å²) in [5, 5.41) is 15.2. The van der Waals surface area contributed by atoms with Crippen LogP contribution in [0.15, 0.2) is 36.5 Å². The maximum Gasteiger partial charge on any atom is 0.325 e. The Morgan fingerprint density at radius 1 is 1.20 bits per heavy atom. The van der Waals surface area contributed by atoms with Crippen molar-refractivity contribution >= 4 is 27.7 Å². The largest absolute Gasteiger partial charge is 0.480 e. The number of benzene rings is 1. The average Bonchev–Trinajstić information content (AvgIpc) is 2.99. The lowest BCUT2D eigenvalue weighted by Crippen LogP contribution is -2.24. The third kappa shape index (κ3) is 5.69. The summed E-state index contributed by atoms with van der Waals surface area (Å²) in [4.78, 5) is 22.7. The highest BCUT2D eigenvalue weighted by atomic mass is 32.2. The predicted molar refractivity (Wildman–Crippen MR) is 90.6 cm³/mol. The van der Waals surface area contributed by atoms with Gasteiger partial charge in [-0.2, -0.15) is 5.10 Å². The van der Waals surface area contributed by atoms with E-state index in [0.717, 1.165) is 5.56 Å². The Bertz CT molecular complexity index is 858. The molecule has 1 heterocycles. The molecule has 0 unspecified atom stereocenters. The van der Waals surface area contributed by atoms with Gasteiger partial charge in [0, 0.05) is 24.4 Å². The van der Waals surface area contributed by atoms with Gasteiger partial charge in [0.05, 0.1) is 5.75 Å². The Balaban J connectivity index is 1.96. The van der Waals surface area contributed by atoms with E-state index in [4.69, 9.17) is 5.11 Å². The number of carbonyl (C=O) groups is 2. The number of aromatic nitrogens is 2. The smallest absolute Gasteiger partial charge is 0.325 e. The lowest BCUT2D eigenvalue weighted by molar-refractivity contribution is -0.137. The van der Waals surface area contributed by atoms with Crippen LogP contribution < -0.4 is 10.0 Å². The minimum absolute atomic E-state index is 0.00200. The van der Waals surface area contributed by atoms with Gasteiger partial charge < -0.3 is 10.4 Å². The standard InChI is InChI=1S/C15H18N4O5S/c1-2-25(23,24)16-9-11-3-5-12(6-4-11)15(22)17-13-7-8-19(18-13)10-14(20)21/h3-8,16H,2,9-10H2,1H3,(H,20,21)(H,17,18,22). The molecule has 1 amide bonds. The monoisotopic (exact) mass is 366 g/mol. The number of sulfonamides is 1. The number of aliphatic carboxylic acids is 1. The number of carboxylic acids is 1. The second-order valence-corrected chi connectivity index (χ2v) is 7.26. The van der Waals surface area contributed by atoms with Crippen molar-refractivity contribution in [1.82, 2.24) is 14.5 Å². The second kappa shape index (κ2) is 7.90. The highest BCUT2D eigenvalue weighted by Crippen LogP contribution is 2.09. The SMILES string of the molecule is CCS(=O)(=O)NCc1ccc(C(=O)Nc2ccn(CC(=O)O)n2)cc1. The minimum atomic E-state index is -3.27. The van der Waals surface area contributed by atoms with Crippen LogP contribution in [0.1, 0.15) is 22.8 Å². The number of hydrogen-bond acceptors (Lipinski definition) is 5. The Morgan fingerprint density at radius 2 is 1.88 bits per heavy atom. The van der Waals surface area contributed by atoms with Crippen LogP contribution in [-0.2, 0) is 27.9 Å². The third-order valence-electron chi connectivity index (χ3n) is 3.27. The van der Waals surface area contributed by atoms with Crippen molar-refractivity contribution in [2.45, 2.75) is 20.0 Å². The van der Waals surface area contributed by atoms with Gasteiger partial charge in [0.1, 0.15) is 6.54 Å². The maximum atomic E-state index is 12.1. The fraction of sp³-hybridized carbons (Fsp3) is 0.267. The second-order valence-electron chi connectivity index (χ2n) is 5.17. The number of anilines is 1. The highest BCUT2D eigenvalue weighted by Gasteiger charge is 2.10. The highest BCUT2D eigenvalue weighted by molar-refractivity contribution is 7.89. The van der Waals surface area contributed by atoms with Crippen LogP contribution in [0, 0.1) is 0 Å². The molecule has 0 radical (unpaired) electrons. The first-order valence-corrected chi connectivity index (χ1v) is 9.07. The van der Waals surface area contributed by atoms with E-state index in [1.54, 1.807) is 31.2 Å². The molecule has 0 aliphatic heterocycles. The number of carbonyl (C=O) groups excluding carboxylic acids is 1. The molecular formula is C15H18N4O5S. The van der Waals surface area contributed by atoms with Crippen LogP contribution in [0.25, 0.3) is 0 Å². The molecule has 25 heavy (non-hydrogen) atoms. The summed E-state index contributed by atoms with van der Waals surface area (Å²) in [7, 11) is -3.27. The summed E-state index contributed by atoms with van der Waals surface area (Å²) < 4.78 is 26.4. The molecule has 0 bridgehead atoms. The van der Waals surface area contributed by atoms with E-state index in [9.17, 15) is 18.0 Å². The average molecular weight is 366 g/mol. The van der Waals surface area contributed by atoms with Gasteiger partial charge in [-0.1, -0.05) is 12.1 Å². The Hall–Kier alpha value is -2.72. The fourth-order valence-electron chi connectivity index (χ4n) is 1.91. The topological polar surface area (TPSA) is 130 Å². The molecule has 0 aliphatic rings. The zero-order chi connectivity index (χ0) is 18.4. The lowest BCUT2D eigenvalue weighted by atomic mass is 10.1. The summed E-state index contributed by atoms with van der Waals surface area (Å²) >= 11 is 0. The summed E-state index contributed by atoms with van der Waals surface area (Å²) in [5.41, 5.74) is 1.09. The molecule has 0 spiro atoms. The zero-order valence-electron chi connectivity index (χ0n) is 13.5. The van der Waals surface area contributed by atoms with Crippen LogP contribution in [0.5, 0.6) is 0 Å². The molecule has 134 valence electrons. The van der Waals surface area contributed by atoms with E-state index < -0.39 is 21.9 Å². The van der Waals surface area contributed by atoms with Gasteiger partial charge in [-0.25, -0.2) is 13.1 Å². The quantitative estimate of drug-likeness (QED) is 0.629. The first-order chi connectivity index (χ1) is 11.8. The van der Waals surface area contributed by atoms with Crippen LogP contribution in [-0.4, -0.2) is 40.9 Å². The summed E-state index contributed by atoms with van der Waals surface area (Å²) in [6.45, 7) is 1.41. The van der Waals surface area contributed by atoms with Crippen LogP contribution >= 0.6 is 0 Å². The van der Waals surface area contributed by atoms with Gasteiger partial charge in [-0.05, 0) is 24.6 Å². The van der Waals surface area contributed by atoms with E-state index in [1.807, 2.05) is 0 Å². The number of amides is 1. The van der Waals surface area contributed by atoms with E-state index in [2.05, 4.69) is 15.1 Å². The molecule has 1 aromatic heterocycles. The Morgan fingerprint density at radius 3 is 2.48 bits per heavy atom. The molecule has 9 nitrogen and oxygen atoms in total. The van der Waals surface area contributed by atoms with Gasteiger partial charge in [0.25, 0.3) is 5.91 Å². The number of nitrogens with zero attached hydrogens (tertiary/aromatic N) is 2. The molecule has 2 aromatic rings. The van der Waals surface area contributed by atoms with Crippen molar-refractivity contribution < 1.29 is 23.1 Å². The predicted octanol–water partition coefficient (Wildman–Crippen LogP) is 0.659. The number of hydrogen-bond donors (Lipinski definition) is 3. The van der Waals surface area contributed by atoms with Crippen LogP contribution in [0.4, 0.5) is 5.82 Å². The number of nitrogens with one attached hydrogen (secondary N) is 2. The van der Waals surface area contributed by atoms with Crippen molar-refractivity contribution in [2.24, 2.45) is 0 Å². The van der Waals surface area contributed by atoms with Crippen molar-refractivity contribution in [1.29, 1.82) is 0 Å². The van der Waals surface area contributed by atoms with Gasteiger partial charge in [-0.15, -0.1) is 0 Å². The van der Waals surface area contributed by atoms with Crippen molar-refractivity contribution in [3.05, 3.63) is 47.7 Å².